The largest absolute Gasteiger partial charge is 0.338 e. The Labute approximate surface area is 102 Å². The van der Waals surface area contributed by atoms with E-state index in [1.165, 1.54) is 19.3 Å². The minimum absolute atomic E-state index is 0.0926. The number of nitrogens with zero attached hydrogens (tertiary/aromatic N) is 2. The van der Waals surface area contributed by atoms with Crippen molar-refractivity contribution in [1.29, 1.82) is 0 Å². The number of hydrogen-bond donors (Lipinski definition) is 1. The molecule has 94 valence electrons. The van der Waals surface area contributed by atoms with E-state index in [1.807, 2.05) is 18.9 Å². The van der Waals surface area contributed by atoms with Gasteiger partial charge in [-0.2, -0.15) is 5.10 Å². The smallest absolute Gasteiger partial charge is 0.257 e. The van der Waals surface area contributed by atoms with Crippen LogP contribution in [-0.2, 0) is 0 Å². The van der Waals surface area contributed by atoms with Gasteiger partial charge >= 0.3 is 0 Å². The third-order valence-electron chi connectivity index (χ3n) is 3.94. The molecule has 1 aromatic rings. The van der Waals surface area contributed by atoms with Crippen LogP contribution in [0.4, 0.5) is 0 Å². The van der Waals surface area contributed by atoms with E-state index in [0.717, 1.165) is 12.1 Å². The number of carbonyl (C=O) groups excluding carboxylic acids is 1. The van der Waals surface area contributed by atoms with Crippen molar-refractivity contribution in [2.24, 2.45) is 5.92 Å². The molecule has 1 N–H and O–H groups in total. The van der Waals surface area contributed by atoms with Crippen molar-refractivity contribution in [3.05, 3.63) is 17.5 Å². The van der Waals surface area contributed by atoms with Crippen LogP contribution in [0.3, 0.4) is 0 Å². The van der Waals surface area contributed by atoms with Gasteiger partial charge in [-0.3, -0.25) is 9.89 Å². The molecule has 0 aliphatic heterocycles. The first-order valence-electron chi connectivity index (χ1n) is 6.38. The van der Waals surface area contributed by atoms with Crippen LogP contribution in [0, 0.1) is 12.8 Å². The third kappa shape index (κ3) is 2.35. The minimum Gasteiger partial charge on any atom is -0.338 e. The Balaban J connectivity index is 2.11. The van der Waals surface area contributed by atoms with Crippen molar-refractivity contribution in [3.63, 3.8) is 0 Å². The number of aromatic nitrogens is 2. The Morgan fingerprint density at radius 3 is 2.76 bits per heavy atom. The Kier molecular flexibility index (Phi) is 3.50. The van der Waals surface area contributed by atoms with Crippen LogP contribution < -0.4 is 0 Å². The first-order valence-corrected chi connectivity index (χ1v) is 6.38. The lowest BCUT2D eigenvalue weighted by molar-refractivity contribution is 0.0628. The highest BCUT2D eigenvalue weighted by atomic mass is 16.2. The van der Waals surface area contributed by atoms with E-state index in [4.69, 9.17) is 0 Å². The third-order valence-corrected chi connectivity index (χ3v) is 3.94. The number of carbonyl (C=O) groups is 1. The highest BCUT2D eigenvalue weighted by Gasteiger charge is 2.29. The molecule has 4 nitrogen and oxygen atoms in total. The van der Waals surface area contributed by atoms with E-state index in [0.29, 0.717) is 17.5 Å². The topological polar surface area (TPSA) is 49.0 Å². The summed E-state index contributed by atoms with van der Waals surface area (Å²) in [7, 11) is 1.92. The summed E-state index contributed by atoms with van der Waals surface area (Å²) in [6.07, 6.45) is 6.51. The molecule has 0 spiro atoms. The normalized spacial score (nSPS) is 24.6. The average Bonchev–Trinajstić information content (AvgIpc) is 2.74. The summed E-state index contributed by atoms with van der Waals surface area (Å²) in [4.78, 5) is 14.2. The van der Waals surface area contributed by atoms with Crippen LogP contribution >= 0.6 is 0 Å². The Hall–Kier alpha value is -1.32. The number of aromatic amines is 1. The van der Waals surface area contributed by atoms with Crippen molar-refractivity contribution in [2.45, 2.75) is 45.6 Å². The fourth-order valence-electron chi connectivity index (χ4n) is 2.78. The average molecular weight is 235 g/mol. The molecule has 2 rings (SSSR count). The van der Waals surface area contributed by atoms with Crippen LogP contribution in [0.25, 0.3) is 0 Å². The van der Waals surface area contributed by atoms with Gasteiger partial charge in [0, 0.05) is 18.8 Å². The number of rotatable bonds is 2. The van der Waals surface area contributed by atoms with Gasteiger partial charge in [0.05, 0.1) is 11.8 Å². The summed E-state index contributed by atoms with van der Waals surface area (Å²) >= 11 is 0. The van der Waals surface area contributed by atoms with Crippen molar-refractivity contribution in [2.75, 3.05) is 7.05 Å². The van der Waals surface area contributed by atoms with Crippen molar-refractivity contribution in [3.8, 4) is 0 Å². The monoisotopic (exact) mass is 235 g/mol. The van der Waals surface area contributed by atoms with E-state index in [1.54, 1.807) is 6.20 Å². The van der Waals surface area contributed by atoms with Crippen molar-refractivity contribution >= 4 is 5.91 Å². The van der Waals surface area contributed by atoms with Crippen LogP contribution in [0.2, 0.25) is 0 Å². The molecule has 1 fully saturated rings. The Bertz CT molecular complexity index is 399. The van der Waals surface area contributed by atoms with Crippen LogP contribution in [-0.4, -0.2) is 34.1 Å². The predicted molar refractivity (Wildman–Crippen MR) is 66.8 cm³/mol. The second kappa shape index (κ2) is 4.90. The molecule has 1 heterocycles. The number of nitrogens with one attached hydrogen (secondary N) is 1. The molecule has 2 atom stereocenters. The molecule has 1 aliphatic rings. The van der Waals surface area contributed by atoms with E-state index >= 15 is 0 Å². The molecule has 1 aromatic heterocycles. The molecule has 0 bridgehead atoms. The van der Waals surface area contributed by atoms with Gasteiger partial charge in [-0.15, -0.1) is 0 Å². The molecular weight excluding hydrogens is 214 g/mol. The first kappa shape index (κ1) is 12.1. The van der Waals surface area contributed by atoms with Gasteiger partial charge < -0.3 is 4.90 Å². The van der Waals surface area contributed by atoms with Crippen LogP contribution in [0.5, 0.6) is 0 Å². The summed E-state index contributed by atoms with van der Waals surface area (Å²) in [6, 6.07) is 0.380. The number of aryl methyl sites for hydroxylation is 1. The minimum atomic E-state index is 0.0926. The number of H-pyrrole nitrogens is 1. The van der Waals surface area contributed by atoms with Crippen molar-refractivity contribution in [1.82, 2.24) is 15.1 Å². The van der Waals surface area contributed by atoms with Gasteiger partial charge in [-0.1, -0.05) is 19.8 Å². The molecular formula is C13H21N3O. The van der Waals surface area contributed by atoms with E-state index in [-0.39, 0.29) is 5.91 Å². The van der Waals surface area contributed by atoms with Gasteiger partial charge in [0.25, 0.3) is 5.91 Å². The zero-order valence-corrected chi connectivity index (χ0v) is 10.9. The lowest BCUT2D eigenvalue weighted by Gasteiger charge is -2.36. The number of amides is 1. The maximum absolute atomic E-state index is 12.3. The molecule has 0 aromatic carbocycles. The van der Waals surface area contributed by atoms with E-state index in [9.17, 15) is 4.79 Å². The zero-order chi connectivity index (χ0) is 12.4. The lowest BCUT2D eigenvalue weighted by atomic mass is 9.85. The molecule has 1 saturated carbocycles. The van der Waals surface area contributed by atoms with Crippen LogP contribution in [0.15, 0.2) is 6.20 Å². The molecule has 1 amide bonds. The molecule has 0 radical (unpaired) electrons. The lowest BCUT2D eigenvalue weighted by Crippen LogP contribution is -2.42. The fraction of sp³-hybridized carbons (Fsp3) is 0.692. The maximum Gasteiger partial charge on any atom is 0.257 e. The quantitative estimate of drug-likeness (QED) is 0.855. The van der Waals surface area contributed by atoms with E-state index in [2.05, 4.69) is 17.1 Å². The standard InChI is InChI=1S/C13H21N3O/c1-9-6-4-5-7-12(9)16(3)13(17)11-8-14-15-10(11)2/h8-9,12H,4-7H2,1-3H3,(H,14,15). The van der Waals surface area contributed by atoms with Crippen LogP contribution in [0.1, 0.15) is 48.7 Å². The SMILES string of the molecule is Cc1[nH]ncc1C(=O)N(C)C1CCCCC1C. The Morgan fingerprint density at radius 1 is 1.47 bits per heavy atom. The summed E-state index contributed by atoms with van der Waals surface area (Å²) < 4.78 is 0. The summed E-state index contributed by atoms with van der Waals surface area (Å²) in [5.74, 6) is 0.694. The first-order chi connectivity index (χ1) is 8.11. The van der Waals surface area contributed by atoms with Gasteiger partial charge in [-0.05, 0) is 25.7 Å². The van der Waals surface area contributed by atoms with Gasteiger partial charge in [-0.25, -0.2) is 0 Å². The summed E-state index contributed by atoms with van der Waals surface area (Å²) in [5.41, 5.74) is 1.55. The molecule has 17 heavy (non-hydrogen) atoms. The maximum atomic E-state index is 12.3. The summed E-state index contributed by atoms with van der Waals surface area (Å²) in [5, 5.41) is 6.74. The fourth-order valence-corrected chi connectivity index (χ4v) is 2.78. The highest BCUT2D eigenvalue weighted by Crippen LogP contribution is 2.28. The number of hydrogen-bond acceptors (Lipinski definition) is 2. The molecule has 1 aliphatic carbocycles. The van der Waals surface area contributed by atoms with Crippen molar-refractivity contribution < 1.29 is 4.79 Å². The second-order valence-corrected chi connectivity index (χ2v) is 5.15. The highest BCUT2D eigenvalue weighted by molar-refractivity contribution is 5.95. The van der Waals surface area contributed by atoms with Gasteiger partial charge in [0.2, 0.25) is 0 Å². The van der Waals surface area contributed by atoms with Gasteiger partial charge in [0.1, 0.15) is 0 Å². The zero-order valence-electron chi connectivity index (χ0n) is 10.9. The van der Waals surface area contributed by atoms with E-state index < -0.39 is 0 Å². The molecule has 2 unspecified atom stereocenters. The molecule has 4 heteroatoms. The summed E-state index contributed by atoms with van der Waals surface area (Å²) in [6.45, 7) is 4.13. The second-order valence-electron chi connectivity index (χ2n) is 5.15. The van der Waals surface area contributed by atoms with Gasteiger partial charge in [0.15, 0.2) is 0 Å². The molecule has 0 saturated heterocycles. The Morgan fingerprint density at radius 2 is 2.18 bits per heavy atom. The predicted octanol–water partition coefficient (Wildman–Crippen LogP) is 2.37.